The van der Waals surface area contributed by atoms with Gasteiger partial charge in [0.25, 0.3) is 0 Å². The SMILES string of the molecule is CN(Cc1ccccc1)CC1C(=O)O[C@@H]2C[C@@]3(C)CCCC4(CO4)[C@@H]3C[C@H]12. The highest BCUT2D eigenvalue weighted by Crippen LogP contribution is 2.62. The van der Waals surface area contributed by atoms with E-state index >= 15 is 0 Å². The van der Waals surface area contributed by atoms with E-state index in [4.69, 9.17) is 9.47 Å². The summed E-state index contributed by atoms with van der Waals surface area (Å²) in [5.41, 5.74) is 1.70. The van der Waals surface area contributed by atoms with Crippen LogP contribution in [-0.2, 0) is 20.8 Å². The van der Waals surface area contributed by atoms with Crippen LogP contribution in [0.2, 0.25) is 0 Å². The number of esters is 1. The third kappa shape index (κ3) is 3.01. The summed E-state index contributed by atoms with van der Waals surface area (Å²) in [5, 5.41) is 0. The van der Waals surface area contributed by atoms with Gasteiger partial charge < -0.3 is 14.4 Å². The van der Waals surface area contributed by atoms with Crippen molar-refractivity contribution in [2.45, 2.75) is 57.3 Å². The van der Waals surface area contributed by atoms with E-state index in [1.54, 1.807) is 0 Å². The Kier molecular flexibility index (Phi) is 4.14. The van der Waals surface area contributed by atoms with Gasteiger partial charge in [-0.3, -0.25) is 4.79 Å². The molecule has 2 saturated carbocycles. The highest BCUT2D eigenvalue weighted by atomic mass is 16.6. The lowest BCUT2D eigenvalue weighted by molar-refractivity contribution is -0.147. The second-order valence-corrected chi connectivity index (χ2v) is 9.78. The second kappa shape index (κ2) is 6.31. The number of ether oxygens (including phenoxy) is 2. The zero-order valence-electron chi connectivity index (χ0n) is 16.5. The number of hydrogen-bond acceptors (Lipinski definition) is 4. The Bertz CT molecular complexity index is 716. The maximum atomic E-state index is 12.7. The largest absolute Gasteiger partial charge is 0.462 e. The molecule has 1 aromatic rings. The van der Waals surface area contributed by atoms with Gasteiger partial charge in [0.2, 0.25) is 0 Å². The van der Waals surface area contributed by atoms with E-state index < -0.39 is 0 Å². The smallest absolute Gasteiger partial charge is 0.310 e. The Morgan fingerprint density at radius 3 is 2.74 bits per heavy atom. The Morgan fingerprint density at radius 1 is 1.22 bits per heavy atom. The predicted octanol–water partition coefficient (Wildman–Crippen LogP) is 3.65. The highest BCUT2D eigenvalue weighted by molar-refractivity contribution is 5.75. The van der Waals surface area contributed by atoms with Gasteiger partial charge >= 0.3 is 5.97 Å². The molecule has 1 spiro atoms. The van der Waals surface area contributed by atoms with Gasteiger partial charge in [-0.05, 0) is 56.0 Å². The first-order valence-corrected chi connectivity index (χ1v) is 10.6. The van der Waals surface area contributed by atoms with Gasteiger partial charge in [0.1, 0.15) is 6.10 Å². The third-order valence-electron chi connectivity index (χ3n) is 7.88. The molecule has 0 bridgehead atoms. The Balaban J connectivity index is 1.31. The number of carbonyl (C=O) groups excluding carboxylic acids is 1. The molecule has 2 aliphatic carbocycles. The van der Waals surface area contributed by atoms with E-state index in [2.05, 4.69) is 43.1 Å². The van der Waals surface area contributed by atoms with Crippen LogP contribution in [0, 0.1) is 23.2 Å². The van der Waals surface area contributed by atoms with Crippen molar-refractivity contribution in [2.24, 2.45) is 23.2 Å². The Hall–Kier alpha value is -1.39. The van der Waals surface area contributed by atoms with Crippen molar-refractivity contribution >= 4 is 5.97 Å². The van der Waals surface area contributed by atoms with Crippen molar-refractivity contribution in [1.29, 1.82) is 0 Å². The summed E-state index contributed by atoms with van der Waals surface area (Å²) in [7, 11) is 2.12. The number of carbonyl (C=O) groups is 1. The van der Waals surface area contributed by atoms with Crippen LogP contribution in [0.3, 0.4) is 0 Å². The van der Waals surface area contributed by atoms with E-state index in [0.29, 0.717) is 11.8 Å². The van der Waals surface area contributed by atoms with E-state index in [0.717, 1.165) is 32.5 Å². The average Bonchev–Trinajstić information content (AvgIpc) is 3.34. The lowest BCUT2D eigenvalue weighted by Gasteiger charge is -2.51. The molecule has 0 radical (unpaired) electrons. The van der Waals surface area contributed by atoms with E-state index in [9.17, 15) is 4.79 Å². The first kappa shape index (κ1) is 17.7. The monoisotopic (exact) mass is 369 g/mol. The molecular formula is C23H31NO3. The quantitative estimate of drug-likeness (QED) is 0.600. The summed E-state index contributed by atoms with van der Waals surface area (Å²) < 4.78 is 11.9. The molecule has 4 fully saturated rings. The van der Waals surface area contributed by atoms with Crippen LogP contribution >= 0.6 is 0 Å². The summed E-state index contributed by atoms with van der Waals surface area (Å²) in [4.78, 5) is 15.0. The number of epoxide rings is 1. The molecule has 0 aromatic heterocycles. The van der Waals surface area contributed by atoms with Gasteiger partial charge in [0, 0.05) is 19.0 Å². The highest BCUT2D eigenvalue weighted by Gasteiger charge is 2.65. The van der Waals surface area contributed by atoms with Crippen molar-refractivity contribution in [2.75, 3.05) is 20.2 Å². The van der Waals surface area contributed by atoms with Gasteiger partial charge in [-0.25, -0.2) is 0 Å². The third-order valence-corrected chi connectivity index (χ3v) is 7.88. The fourth-order valence-electron chi connectivity index (χ4n) is 6.46. The molecule has 0 N–H and O–H groups in total. The lowest BCUT2D eigenvalue weighted by atomic mass is 9.53. The Morgan fingerprint density at radius 2 is 2.00 bits per heavy atom. The topological polar surface area (TPSA) is 42.1 Å². The predicted molar refractivity (Wildman–Crippen MR) is 103 cm³/mol. The van der Waals surface area contributed by atoms with Crippen molar-refractivity contribution in [3.8, 4) is 0 Å². The molecule has 2 heterocycles. The van der Waals surface area contributed by atoms with Crippen LogP contribution in [0.1, 0.15) is 44.6 Å². The van der Waals surface area contributed by atoms with Crippen molar-refractivity contribution in [1.82, 2.24) is 4.90 Å². The van der Waals surface area contributed by atoms with Gasteiger partial charge in [0.15, 0.2) is 0 Å². The van der Waals surface area contributed by atoms with Crippen LogP contribution in [-0.4, -0.2) is 42.8 Å². The minimum Gasteiger partial charge on any atom is -0.462 e. The molecule has 27 heavy (non-hydrogen) atoms. The number of benzene rings is 1. The van der Waals surface area contributed by atoms with E-state index in [1.165, 1.54) is 24.8 Å². The molecular weight excluding hydrogens is 338 g/mol. The van der Waals surface area contributed by atoms with Gasteiger partial charge in [-0.2, -0.15) is 0 Å². The first-order chi connectivity index (χ1) is 13.0. The van der Waals surface area contributed by atoms with Crippen molar-refractivity contribution in [3.63, 3.8) is 0 Å². The van der Waals surface area contributed by atoms with Crippen LogP contribution in [0.25, 0.3) is 0 Å². The maximum Gasteiger partial charge on any atom is 0.310 e. The van der Waals surface area contributed by atoms with Crippen LogP contribution < -0.4 is 0 Å². The molecule has 2 saturated heterocycles. The minimum atomic E-state index is 0.00555. The number of fused-ring (bicyclic) bond motifs is 3. The minimum absolute atomic E-state index is 0.00555. The van der Waals surface area contributed by atoms with Gasteiger partial charge in [0.05, 0.1) is 18.1 Å². The van der Waals surface area contributed by atoms with Gasteiger partial charge in [-0.15, -0.1) is 0 Å². The van der Waals surface area contributed by atoms with E-state index in [1.807, 2.05) is 6.07 Å². The standard InChI is InChI=1S/C23H31NO3/c1-22-9-6-10-23(15-26-23)20(22)11-17-18(21(25)27-19(17)12-22)14-24(2)13-16-7-4-3-5-8-16/h3-5,7-8,17-20H,6,9-15H2,1-2H3/t17-,18?,19-,20-,22-,23?/m1/s1. The van der Waals surface area contributed by atoms with E-state index in [-0.39, 0.29) is 29.0 Å². The molecule has 0 amide bonds. The van der Waals surface area contributed by atoms with Crippen LogP contribution in [0.15, 0.2) is 30.3 Å². The molecule has 5 rings (SSSR count). The molecule has 6 atom stereocenters. The van der Waals surface area contributed by atoms with Gasteiger partial charge in [-0.1, -0.05) is 37.3 Å². The zero-order chi connectivity index (χ0) is 18.6. The fraction of sp³-hybridized carbons (Fsp3) is 0.696. The molecule has 4 aliphatic rings. The summed E-state index contributed by atoms with van der Waals surface area (Å²) in [6.07, 6.45) is 5.94. The van der Waals surface area contributed by atoms with Crippen LogP contribution in [0.4, 0.5) is 0 Å². The number of nitrogens with zero attached hydrogens (tertiary/aromatic N) is 1. The number of hydrogen-bond donors (Lipinski definition) is 0. The zero-order valence-corrected chi connectivity index (χ0v) is 16.5. The molecule has 146 valence electrons. The Labute approximate surface area is 162 Å². The average molecular weight is 370 g/mol. The van der Waals surface area contributed by atoms with Crippen molar-refractivity contribution < 1.29 is 14.3 Å². The lowest BCUT2D eigenvalue weighted by Crippen LogP contribution is -2.51. The normalized spacial score (nSPS) is 42.7. The first-order valence-electron chi connectivity index (χ1n) is 10.6. The second-order valence-electron chi connectivity index (χ2n) is 9.78. The fourth-order valence-corrected chi connectivity index (χ4v) is 6.46. The van der Waals surface area contributed by atoms with Crippen LogP contribution in [0.5, 0.6) is 0 Å². The molecule has 1 aromatic carbocycles. The summed E-state index contributed by atoms with van der Waals surface area (Å²) >= 11 is 0. The molecule has 2 unspecified atom stereocenters. The molecule has 2 aliphatic heterocycles. The summed E-state index contributed by atoms with van der Waals surface area (Å²) in [6.45, 7) is 5.00. The molecule has 4 nitrogen and oxygen atoms in total. The maximum absolute atomic E-state index is 12.7. The number of rotatable bonds is 4. The summed E-state index contributed by atoms with van der Waals surface area (Å²) in [6, 6.07) is 10.5. The van der Waals surface area contributed by atoms with Crippen molar-refractivity contribution in [3.05, 3.63) is 35.9 Å². The summed E-state index contributed by atoms with van der Waals surface area (Å²) in [5.74, 6) is 0.980. The molecule has 4 heteroatoms.